The van der Waals surface area contributed by atoms with E-state index in [2.05, 4.69) is 4.99 Å². The first-order chi connectivity index (χ1) is 9.25. The molecule has 5 nitrogen and oxygen atoms in total. The summed E-state index contributed by atoms with van der Waals surface area (Å²) in [5.41, 5.74) is 5.86. The Kier molecular flexibility index (Phi) is 4.97. The Balaban J connectivity index is 1.73. The summed E-state index contributed by atoms with van der Waals surface area (Å²) in [4.78, 5) is 6.21. The van der Waals surface area contributed by atoms with E-state index in [1.54, 1.807) is 12.1 Å². The van der Waals surface area contributed by atoms with Gasteiger partial charge < -0.3 is 20.1 Å². The molecule has 0 bridgehead atoms. The summed E-state index contributed by atoms with van der Waals surface area (Å²) in [7, 11) is 0. The van der Waals surface area contributed by atoms with E-state index < -0.39 is 0 Å². The highest BCUT2D eigenvalue weighted by molar-refractivity contribution is 5.78. The number of morpholine rings is 1. The Morgan fingerprint density at radius 3 is 2.95 bits per heavy atom. The van der Waals surface area contributed by atoms with Crippen molar-refractivity contribution < 1.29 is 13.9 Å². The number of ether oxygens (including phenoxy) is 2. The third-order valence-corrected chi connectivity index (χ3v) is 2.76. The highest BCUT2D eigenvalue weighted by Gasteiger charge is 2.11. The number of rotatable bonds is 4. The smallest absolute Gasteiger partial charge is 0.191 e. The molecule has 1 aliphatic rings. The topological polar surface area (TPSA) is 60.1 Å². The van der Waals surface area contributed by atoms with Gasteiger partial charge in [0, 0.05) is 19.2 Å². The third kappa shape index (κ3) is 4.40. The van der Waals surface area contributed by atoms with E-state index in [9.17, 15) is 4.39 Å². The lowest BCUT2D eigenvalue weighted by molar-refractivity contribution is 0.0674. The van der Waals surface area contributed by atoms with Crippen LogP contribution in [0, 0.1) is 5.82 Å². The highest BCUT2D eigenvalue weighted by atomic mass is 19.1. The van der Waals surface area contributed by atoms with Crippen LogP contribution < -0.4 is 10.5 Å². The van der Waals surface area contributed by atoms with Crippen molar-refractivity contribution in [3.63, 3.8) is 0 Å². The van der Waals surface area contributed by atoms with E-state index in [4.69, 9.17) is 15.2 Å². The van der Waals surface area contributed by atoms with Gasteiger partial charge in [0.15, 0.2) is 5.96 Å². The van der Waals surface area contributed by atoms with E-state index in [-0.39, 0.29) is 5.82 Å². The first-order valence-corrected chi connectivity index (χ1v) is 6.27. The molecule has 0 unspecified atom stereocenters. The molecule has 1 aromatic rings. The molecule has 0 saturated carbocycles. The molecule has 1 aliphatic heterocycles. The van der Waals surface area contributed by atoms with Crippen molar-refractivity contribution in [2.75, 3.05) is 39.5 Å². The Bertz CT molecular complexity index is 434. The van der Waals surface area contributed by atoms with E-state index in [1.165, 1.54) is 12.1 Å². The molecule has 1 aromatic carbocycles. The van der Waals surface area contributed by atoms with Crippen molar-refractivity contribution in [1.82, 2.24) is 4.90 Å². The molecule has 6 heteroatoms. The Morgan fingerprint density at radius 2 is 2.21 bits per heavy atom. The second-order valence-corrected chi connectivity index (χ2v) is 4.15. The van der Waals surface area contributed by atoms with Crippen molar-refractivity contribution in [3.05, 3.63) is 30.1 Å². The lowest BCUT2D eigenvalue weighted by atomic mass is 10.3. The lowest BCUT2D eigenvalue weighted by Gasteiger charge is -2.27. The van der Waals surface area contributed by atoms with Gasteiger partial charge in [-0.3, -0.25) is 0 Å². The Morgan fingerprint density at radius 1 is 1.42 bits per heavy atom. The van der Waals surface area contributed by atoms with Crippen molar-refractivity contribution in [1.29, 1.82) is 0 Å². The van der Waals surface area contributed by atoms with Crippen molar-refractivity contribution in [2.24, 2.45) is 10.7 Å². The molecule has 0 spiro atoms. The van der Waals surface area contributed by atoms with Crippen LogP contribution in [0.1, 0.15) is 0 Å². The number of hydrogen-bond donors (Lipinski definition) is 1. The molecule has 1 fully saturated rings. The van der Waals surface area contributed by atoms with Gasteiger partial charge in [0.25, 0.3) is 0 Å². The van der Waals surface area contributed by atoms with Crippen LogP contribution >= 0.6 is 0 Å². The summed E-state index contributed by atoms with van der Waals surface area (Å²) in [5.74, 6) is 0.695. The number of nitrogens with zero attached hydrogens (tertiary/aromatic N) is 2. The fraction of sp³-hybridized carbons (Fsp3) is 0.462. The fourth-order valence-electron chi connectivity index (χ4n) is 1.77. The molecular weight excluding hydrogens is 249 g/mol. The van der Waals surface area contributed by atoms with Gasteiger partial charge in [-0.2, -0.15) is 0 Å². The maximum absolute atomic E-state index is 12.9. The summed E-state index contributed by atoms with van der Waals surface area (Å²) in [6, 6.07) is 6.03. The largest absolute Gasteiger partial charge is 0.492 e. The van der Waals surface area contributed by atoms with Gasteiger partial charge in [-0.15, -0.1) is 0 Å². The standard InChI is InChI=1S/C13H18FN3O2/c14-11-2-1-3-12(10-11)19-7-4-16-13(15)17-5-8-18-9-6-17/h1-3,10H,4-9H2,(H2,15,16). The summed E-state index contributed by atoms with van der Waals surface area (Å²) < 4.78 is 23.5. The van der Waals surface area contributed by atoms with Crippen molar-refractivity contribution >= 4 is 5.96 Å². The van der Waals surface area contributed by atoms with Gasteiger partial charge in [-0.05, 0) is 12.1 Å². The average molecular weight is 267 g/mol. The first-order valence-electron chi connectivity index (χ1n) is 6.27. The zero-order chi connectivity index (χ0) is 13.5. The third-order valence-electron chi connectivity index (χ3n) is 2.76. The van der Waals surface area contributed by atoms with Gasteiger partial charge in [-0.1, -0.05) is 6.07 Å². The monoisotopic (exact) mass is 267 g/mol. The molecule has 0 radical (unpaired) electrons. The predicted molar refractivity (Wildman–Crippen MR) is 70.8 cm³/mol. The number of halogens is 1. The predicted octanol–water partition coefficient (Wildman–Crippen LogP) is 0.851. The first kappa shape index (κ1) is 13.6. The quantitative estimate of drug-likeness (QED) is 0.499. The van der Waals surface area contributed by atoms with Crippen LogP contribution in [0.25, 0.3) is 0 Å². The van der Waals surface area contributed by atoms with Crippen LogP contribution in [0.2, 0.25) is 0 Å². The van der Waals surface area contributed by atoms with Crippen LogP contribution in [-0.4, -0.2) is 50.3 Å². The molecule has 1 heterocycles. The summed E-state index contributed by atoms with van der Waals surface area (Å²) >= 11 is 0. The van der Waals surface area contributed by atoms with Crippen LogP contribution in [-0.2, 0) is 4.74 Å². The zero-order valence-electron chi connectivity index (χ0n) is 10.7. The molecule has 104 valence electrons. The fourth-order valence-corrected chi connectivity index (χ4v) is 1.77. The van der Waals surface area contributed by atoms with Crippen LogP contribution in [0.4, 0.5) is 4.39 Å². The molecule has 0 aliphatic carbocycles. The SMILES string of the molecule is NC(=NCCOc1cccc(F)c1)N1CCOCC1. The minimum Gasteiger partial charge on any atom is -0.492 e. The van der Waals surface area contributed by atoms with Gasteiger partial charge in [-0.25, -0.2) is 9.38 Å². The molecule has 19 heavy (non-hydrogen) atoms. The second-order valence-electron chi connectivity index (χ2n) is 4.15. The maximum Gasteiger partial charge on any atom is 0.191 e. The maximum atomic E-state index is 12.9. The van der Waals surface area contributed by atoms with E-state index >= 15 is 0 Å². The van der Waals surface area contributed by atoms with E-state index in [1.807, 2.05) is 4.90 Å². The van der Waals surface area contributed by atoms with Crippen LogP contribution in [0.3, 0.4) is 0 Å². The molecule has 0 atom stereocenters. The summed E-state index contributed by atoms with van der Waals surface area (Å²) in [6.07, 6.45) is 0. The van der Waals surface area contributed by atoms with Crippen molar-refractivity contribution in [3.8, 4) is 5.75 Å². The molecule has 1 saturated heterocycles. The van der Waals surface area contributed by atoms with Gasteiger partial charge in [0.2, 0.25) is 0 Å². The number of nitrogens with two attached hydrogens (primary N) is 1. The zero-order valence-corrected chi connectivity index (χ0v) is 10.7. The summed E-state index contributed by atoms with van der Waals surface area (Å²) in [5, 5.41) is 0. The minimum absolute atomic E-state index is 0.311. The normalized spacial score (nSPS) is 16.5. The highest BCUT2D eigenvalue weighted by Crippen LogP contribution is 2.11. The number of guanidine groups is 1. The average Bonchev–Trinajstić information content (AvgIpc) is 2.44. The number of hydrogen-bond acceptors (Lipinski definition) is 3. The molecular formula is C13H18FN3O2. The molecule has 0 aromatic heterocycles. The van der Waals surface area contributed by atoms with Gasteiger partial charge in [0.1, 0.15) is 18.2 Å². The Labute approximate surface area is 111 Å². The summed E-state index contributed by atoms with van der Waals surface area (Å²) in [6.45, 7) is 3.69. The van der Waals surface area contributed by atoms with Crippen LogP contribution in [0.5, 0.6) is 5.75 Å². The number of benzene rings is 1. The minimum atomic E-state index is -0.311. The molecule has 2 N–H and O–H groups in total. The van der Waals surface area contributed by atoms with Gasteiger partial charge in [0.05, 0.1) is 19.8 Å². The Hall–Kier alpha value is -1.82. The number of aliphatic imine (C=N–C) groups is 1. The lowest BCUT2D eigenvalue weighted by Crippen LogP contribution is -2.45. The second kappa shape index (κ2) is 6.94. The van der Waals surface area contributed by atoms with Gasteiger partial charge >= 0.3 is 0 Å². The molecule has 2 rings (SSSR count). The van der Waals surface area contributed by atoms with Crippen molar-refractivity contribution in [2.45, 2.75) is 0 Å². The molecule has 0 amide bonds. The van der Waals surface area contributed by atoms with Crippen LogP contribution in [0.15, 0.2) is 29.3 Å². The van der Waals surface area contributed by atoms with E-state index in [0.717, 1.165) is 13.1 Å². The van der Waals surface area contributed by atoms with E-state index in [0.29, 0.717) is 38.1 Å².